The highest BCUT2D eigenvalue weighted by molar-refractivity contribution is 5.70. The Morgan fingerprint density at radius 2 is 1.62 bits per heavy atom. The molecule has 1 fully saturated rings. The third-order valence-corrected chi connectivity index (χ3v) is 6.69. The van der Waals surface area contributed by atoms with Gasteiger partial charge < -0.3 is 10.1 Å². The normalized spacial score (nSPS) is 16.6. The van der Waals surface area contributed by atoms with Gasteiger partial charge in [0.1, 0.15) is 0 Å². The fraction of sp³-hybridized carbons (Fsp3) is 0.321. The molecule has 0 amide bonds. The average molecular weight is 465 g/mol. The van der Waals surface area contributed by atoms with Crippen LogP contribution < -0.4 is 5.32 Å². The maximum absolute atomic E-state index is 13.7. The number of alkyl halides is 3. The number of halogens is 3. The van der Waals surface area contributed by atoms with Gasteiger partial charge >= 0.3 is 6.18 Å². The first kappa shape index (κ1) is 24.0. The zero-order valence-electron chi connectivity index (χ0n) is 19.0. The van der Waals surface area contributed by atoms with Crippen LogP contribution in [-0.4, -0.2) is 19.7 Å². The zero-order valence-corrected chi connectivity index (χ0v) is 19.0. The molecule has 0 spiro atoms. The van der Waals surface area contributed by atoms with Gasteiger partial charge in [-0.2, -0.15) is 18.4 Å². The second-order valence-corrected chi connectivity index (χ2v) is 8.81. The summed E-state index contributed by atoms with van der Waals surface area (Å²) >= 11 is 0. The van der Waals surface area contributed by atoms with Gasteiger partial charge in [0.05, 0.1) is 29.9 Å². The Hall–Kier alpha value is -3.14. The van der Waals surface area contributed by atoms with Crippen molar-refractivity contribution < 1.29 is 17.9 Å². The molecule has 1 atom stereocenters. The van der Waals surface area contributed by atoms with Gasteiger partial charge in [-0.05, 0) is 67.2 Å². The molecule has 176 valence electrons. The summed E-state index contributed by atoms with van der Waals surface area (Å²) in [5.41, 5.74) is 1.38. The maximum Gasteiger partial charge on any atom is 0.417 e. The van der Waals surface area contributed by atoms with Crippen LogP contribution in [0.5, 0.6) is 0 Å². The Balaban J connectivity index is 1.71. The van der Waals surface area contributed by atoms with Crippen LogP contribution in [0.3, 0.4) is 0 Å². The quantitative estimate of drug-likeness (QED) is 0.445. The van der Waals surface area contributed by atoms with Crippen LogP contribution in [-0.2, 0) is 16.3 Å². The van der Waals surface area contributed by atoms with Crippen LogP contribution in [0.1, 0.15) is 48.1 Å². The summed E-state index contributed by atoms with van der Waals surface area (Å²) < 4.78 is 47.5. The van der Waals surface area contributed by atoms with E-state index in [-0.39, 0.29) is 5.41 Å². The lowest BCUT2D eigenvalue weighted by molar-refractivity contribution is -0.137. The molecule has 1 saturated heterocycles. The lowest BCUT2D eigenvalue weighted by Gasteiger charge is -2.39. The molecule has 1 N–H and O–H groups in total. The van der Waals surface area contributed by atoms with Gasteiger partial charge in [0.2, 0.25) is 0 Å². The van der Waals surface area contributed by atoms with Crippen LogP contribution in [0.15, 0.2) is 72.8 Å². The number of nitrogens with one attached hydrogen (secondary N) is 1. The van der Waals surface area contributed by atoms with Gasteiger partial charge in [-0.15, -0.1) is 0 Å². The number of nitriles is 1. The van der Waals surface area contributed by atoms with Gasteiger partial charge in [0, 0.05) is 5.41 Å². The first-order chi connectivity index (χ1) is 16.3. The summed E-state index contributed by atoms with van der Waals surface area (Å²) in [5, 5.41) is 12.9. The predicted octanol–water partition coefficient (Wildman–Crippen LogP) is 6.64. The maximum atomic E-state index is 13.7. The van der Waals surface area contributed by atoms with E-state index >= 15 is 0 Å². The molecule has 1 aliphatic heterocycles. The van der Waals surface area contributed by atoms with E-state index in [4.69, 9.17) is 4.74 Å². The number of hydrogen-bond donors (Lipinski definition) is 1. The fourth-order valence-corrected chi connectivity index (χ4v) is 4.74. The number of piperidine rings is 1. The van der Waals surface area contributed by atoms with Gasteiger partial charge in [-0.25, -0.2) is 0 Å². The molecule has 1 aliphatic rings. The van der Waals surface area contributed by atoms with E-state index in [9.17, 15) is 18.4 Å². The summed E-state index contributed by atoms with van der Waals surface area (Å²) in [6.45, 7) is 4.04. The predicted molar refractivity (Wildman–Crippen MR) is 126 cm³/mol. The molecular weight excluding hydrogens is 437 g/mol. The molecule has 0 bridgehead atoms. The lowest BCUT2D eigenvalue weighted by atomic mass is 9.74. The highest BCUT2D eigenvalue weighted by Gasteiger charge is 2.37. The largest absolute Gasteiger partial charge is 0.417 e. The van der Waals surface area contributed by atoms with E-state index < -0.39 is 23.4 Å². The average Bonchev–Trinajstić information content (AvgIpc) is 2.87. The van der Waals surface area contributed by atoms with Gasteiger partial charge in [0.15, 0.2) is 0 Å². The molecule has 3 nitrogen and oxygen atoms in total. The summed E-state index contributed by atoms with van der Waals surface area (Å²) in [4.78, 5) is 0. The topological polar surface area (TPSA) is 45.0 Å². The number of hydrogen-bond acceptors (Lipinski definition) is 3. The van der Waals surface area contributed by atoms with Crippen LogP contribution in [0, 0.1) is 11.3 Å². The van der Waals surface area contributed by atoms with Crippen molar-refractivity contribution in [2.24, 2.45) is 0 Å². The molecule has 0 aliphatic carbocycles. The number of rotatable bonds is 6. The highest BCUT2D eigenvalue weighted by atomic mass is 19.4. The second kappa shape index (κ2) is 10.0. The summed E-state index contributed by atoms with van der Waals surface area (Å²) in [7, 11) is 0. The van der Waals surface area contributed by atoms with Crippen molar-refractivity contribution in [3.8, 4) is 17.2 Å². The third kappa shape index (κ3) is 5.01. The van der Waals surface area contributed by atoms with Crippen molar-refractivity contribution in [3.63, 3.8) is 0 Å². The van der Waals surface area contributed by atoms with Crippen LogP contribution in [0.4, 0.5) is 13.2 Å². The molecule has 34 heavy (non-hydrogen) atoms. The van der Waals surface area contributed by atoms with E-state index in [1.165, 1.54) is 11.6 Å². The smallest absolute Gasteiger partial charge is 0.373 e. The van der Waals surface area contributed by atoms with Crippen molar-refractivity contribution in [2.45, 2.75) is 37.5 Å². The van der Waals surface area contributed by atoms with Gasteiger partial charge in [0.25, 0.3) is 0 Å². The first-order valence-electron chi connectivity index (χ1n) is 11.4. The Kier molecular flexibility index (Phi) is 7.06. The minimum absolute atomic E-state index is 0.169. The SMILES string of the molecule is CC(OCC1(c2ccccc2)CCNCC1)c1cc(C#N)c(C(F)(F)F)cc1-c1ccccc1. The summed E-state index contributed by atoms with van der Waals surface area (Å²) in [5.74, 6) is 0. The Morgan fingerprint density at radius 1 is 1.00 bits per heavy atom. The third-order valence-electron chi connectivity index (χ3n) is 6.69. The standard InChI is InChI=1S/C28H27F3N2O/c1-20(34-19-27(12-14-33-15-13-27)23-10-6-3-7-11-23)24-16-22(18-32)26(28(29,30)31)17-25(24)21-8-4-2-5-9-21/h2-11,16-17,20,33H,12-15,19H2,1H3. The molecule has 4 rings (SSSR count). The van der Waals surface area contributed by atoms with Crippen LogP contribution in [0.2, 0.25) is 0 Å². The number of nitrogens with zero attached hydrogens (tertiary/aromatic N) is 1. The van der Waals surface area contributed by atoms with E-state index in [1.807, 2.05) is 31.2 Å². The fourth-order valence-electron chi connectivity index (χ4n) is 4.74. The molecule has 6 heteroatoms. The van der Waals surface area contributed by atoms with E-state index in [0.717, 1.165) is 32.0 Å². The highest BCUT2D eigenvalue weighted by Crippen LogP contribution is 2.40. The molecule has 1 unspecified atom stereocenters. The Morgan fingerprint density at radius 3 is 2.21 bits per heavy atom. The molecule has 3 aromatic carbocycles. The Bertz CT molecular complexity index is 1150. The van der Waals surface area contributed by atoms with Crippen molar-refractivity contribution in [2.75, 3.05) is 19.7 Å². The van der Waals surface area contributed by atoms with E-state index in [0.29, 0.717) is 23.3 Å². The molecule has 1 heterocycles. The van der Waals surface area contributed by atoms with Crippen LogP contribution >= 0.6 is 0 Å². The van der Waals surface area contributed by atoms with Crippen molar-refractivity contribution in [1.82, 2.24) is 5.32 Å². The monoisotopic (exact) mass is 464 g/mol. The van der Waals surface area contributed by atoms with E-state index in [1.54, 1.807) is 30.3 Å². The molecule has 0 aromatic heterocycles. The molecule has 0 radical (unpaired) electrons. The van der Waals surface area contributed by atoms with Gasteiger partial charge in [-0.3, -0.25) is 0 Å². The van der Waals surface area contributed by atoms with Crippen molar-refractivity contribution in [3.05, 3.63) is 95.1 Å². The number of ether oxygens (including phenoxy) is 1. The van der Waals surface area contributed by atoms with E-state index in [2.05, 4.69) is 17.4 Å². The van der Waals surface area contributed by atoms with Crippen LogP contribution in [0.25, 0.3) is 11.1 Å². The first-order valence-corrected chi connectivity index (χ1v) is 11.4. The summed E-state index contributed by atoms with van der Waals surface area (Å²) in [6.07, 6.45) is -3.30. The molecular formula is C28H27F3N2O. The minimum atomic E-state index is -4.62. The molecule has 3 aromatic rings. The minimum Gasteiger partial charge on any atom is -0.373 e. The zero-order chi connectivity index (χ0) is 24.2. The van der Waals surface area contributed by atoms with Gasteiger partial charge in [-0.1, -0.05) is 60.7 Å². The number of benzene rings is 3. The Labute approximate surface area is 198 Å². The lowest BCUT2D eigenvalue weighted by Crippen LogP contribution is -2.43. The summed E-state index contributed by atoms with van der Waals surface area (Å²) in [6, 6.07) is 23.3. The van der Waals surface area contributed by atoms with Crippen molar-refractivity contribution >= 4 is 0 Å². The second-order valence-electron chi connectivity index (χ2n) is 8.81. The van der Waals surface area contributed by atoms with Crippen molar-refractivity contribution in [1.29, 1.82) is 5.26 Å². The molecule has 0 saturated carbocycles.